The molecule has 0 spiro atoms. The Kier molecular flexibility index (Phi) is 5.61. The minimum Gasteiger partial charge on any atom is -0.486 e. The molecule has 1 unspecified atom stereocenters. The Morgan fingerprint density at radius 2 is 1.89 bits per heavy atom. The summed E-state index contributed by atoms with van der Waals surface area (Å²) in [6.45, 7) is 5.24. The standard InChI is InChI=1S/C20H26N2O5S/c1-15-6-8-22(9-7-15)17(18-3-2-10-25-18)14-21-28(23,24)16-4-5-19-20(13-16)27-12-11-26-19/h2-5,10,13,15,17,21H,6-9,11-12,14H2,1H3. The zero-order valence-electron chi connectivity index (χ0n) is 16.0. The number of nitrogens with zero attached hydrogens (tertiary/aromatic N) is 1. The van der Waals surface area contributed by atoms with E-state index in [1.807, 2.05) is 12.1 Å². The number of ether oxygens (including phenoxy) is 2. The van der Waals surface area contributed by atoms with Gasteiger partial charge >= 0.3 is 0 Å². The number of fused-ring (bicyclic) bond motifs is 1. The summed E-state index contributed by atoms with van der Waals surface area (Å²) in [5.41, 5.74) is 0. The lowest BCUT2D eigenvalue weighted by molar-refractivity contribution is 0.125. The first kappa shape index (κ1) is 19.3. The first-order chi connectivity index (χ1) is 13.5. The molecule has 28 heavy (non-hydrogen) atoms. The van der Waals surface area contributed by atoms with E-state index in [1.54, 1.807) is 18.4 Å². The molecular weight excluding hydrogens is 380 g/mol. The molecule has 1 atom stereocenters. The van der Waals surface area contributed by atoms with E-state index in [2.05, 4.69) is 16.5 Å². The Morgan fingerprint density at radius 1 is 1.14 bits per heavy atom. The minimum absolute atomic E-state index is 0.130. The molecule has 0 bridgehead atoms. The van der Waals surface area contributed by atoms with Gasteiger partial charge in [0, 0.05) is 12.6 Å². The number of benzene rings is 1. The number of furan rings is 1. The van der Waals surface area contributed by atoms with E-state index < -0.39 is 10.0 Å². The van der Waals surface area contributed by atoms with Crippen LogP contribution in [0.15, 0.2) is 45.9 Å². The minimum atomic E-state index is -3.68. The maximum atomic E-state index is 12.9. The van der Waals surface area contributed by atoms with Crippen molar-refractivity contribution in [3.05, 3.63) is 42.4 Å². The van der Waals surface area contributed by atoms with Crippen LogP contribution >= 0.6 is 0 Å². The first-order valence-electron chi connectivity index (χ1n) is 9.70. The lowest BCUT2D eigenvalue weighted by Gasteiger charge is -2.35. The molecule has 0 saturated carbocycles. The lowest BCUT2D eigenvalue weighted by Crippen LogP contribution is -2.41. The van der Waals surface area contributed by atoms with Crippen LogP contribution in [-0.2, 0) is 10.0 Å². The summed E-state index contributed by atoms with van der Waals surface area (Å²) in [4.78, 5) is 2.47. The number of nitrogens with one attached hydrogen (secondary N) is 1. The third-order valence-corrected chi connectivity index (χ3v) is 6.84. The lowest BCUT2D eigenvalue weighted by atomic mass is 9.97. The van der Waals surface area contributed by atoms with Crippen molar-refractivity contribution >= 4 is 10.0 Å². The zero-order chi connectivity index (χ0) is 19.6. The quantitative estimate of drug-likeness (QED) is 0.795. The SMILES string of the molecule is CC1CCN(C(CNS(=O)(=O)c2ccc3c(c2)OCCO3)c2ccco2)CC1. The molecule has 2 aliphatic rings. The summed E-state index contributed by atoms with van der Waals surface area (Å²) < 4.78 is 45.1. The topological polar surface area (TPSA) is 81.0 Å². The van der Waals surface area contributed by atoms with Crippen LogP contribution in [0.2, 0.25) is 0 Å². The molecule has 1 fully saturated rings. The molecule has 1 saturated heterocycles. The van der Waals surface area contributed by atoms with Gasteiger partial charge < -0.3 is 13.9 Å². The summed E-state index contributed by atoms with van der Waals surface area (Å²) in [5.74, 6) is 2.50. The third kappa shape index (κ3) is 4.19. The van der Waals surface area contributed by atoms with Crippen molar-refractivity contribution in [1.82, 2.24) is 9.62 Å². The summed E-state index contributed by atoms with van der Waals surface area (Å²) in [5, 5.41) is 0. The van der Waals surface area contributed by atoms with Crippen molar-refractivity contribution in [2.24, 2.45) is 5.92 Å². The fourth-order valence-electron chi connectivity index (χ4n) is 3.69. The van der Waals surface area contributed by atoms with Gasteiger partial charge in [0.1, 0.15) is 19.0 Å². The highest BCUT2D eigenvalue weighted by Crippen LogP contribution is 2.32. The highest BCUT2D eigenvalue weighted by Gasteiger charge is 2.28. The van der Waals surface area contributed by atoms with Gasteiger partial charge in [-0.05, 0) is 56.1 Å². The van der Waals surface area contributed by atoms with Crippen LogP contribution in [0.3, 0.4) is 0 Å². The van der Waals surface area contributed by atoms with Crippen molar-refractivity contribution in [2.45, 2.75) is 30.7 Å². The van der Waals surface area contributed by atoms with Gasteiger partial charge in [-0.2, -0.15) is 0 Å². The number of piperidine rings is 1. The average Bonchev–Trinajstić information content (AvgIpc) is 3.23. The number of sulfonamides is 1. The molecule has 152 valence electrons. The van der Waals surface area contributed by atoms with E-state index in [1.165, 1.54) is 6.07 Å². The number of likely N-dealkylation sites (tertiary alicyclic amines) is 1. The molecule has 3 heterocycles. The van der Waals surface area contributed by atoms with E-state index in [0.29, 0.717) is 30.6 Å². The van der Waals surface area contributed by atoms with E-state index in [9.17, 15) is 8.42 Å². The van der Waals surface area contributed by atoms with Crippen LogP contribution in [0.1, 0.15) is 31.6 Å². The van der Waals surface area contributed by atoms with E-state index in [0.717, 1.165) is 31.7 Å². The smallest absolute Gasteiger partial charge is 0.240 e. The third-order valence-electron chi connectivity index (χ3n) is 5.42. The van der Waals surface area contributed by atoms with Crippen molar-refractivity contribution in [2.75, 3.05) is 32.8 Å². The Labute approximate surface area is 165 Å². The van der Waals surface area contributed by atoms with Gasteiger partial charge in [0.05, 0.1) is 17.2 Å². The number of hydrogen-bond acceptors (Lipinski definition) is 6. The Balaban J connectivity index is 1.50. The Hall–Kier alpha value is -2.03. The molecule has 2 aliphatic heterocycles. The average molecular weight is 407 g/mol. The fourth-order valence-corrected chi connectivity index (χ4v) is 4.75. The fraction of sp³-hybridized carbons (Fsp3) is 0.500. The van der Waals surface area contributed by atoms with Gasteiger partial charge in [-0.3, -0.25) is 4.90 Å². The van der Waals surface area contributed by atoms with Crippen LogP contribution in [0.4, 0.5) is 0 Å². The molecule has 1 aromatic heterocycles. The molecule has 4 rings (SSSR count). The van der Waals surface area contributed by atoms with Gasteiger partial charge in [0.2, 0.25) is 10.0 Å². The van der Waals surface area contributed by atoms with E-state index in [-0.39, 0.29) is 17.5 Å². The van der Waals surface area contributed by atoms with Crippen molar-refractivity contribution in [3.8, 4) is 11.5 Å². The highest BCUT2D eigenvalue weighted by molar-refractivity contribution is 7.89. The number of rotatable bonds is 6. The monoisotopic (exact) mass is 406 g/mol. The molecule has 0 amide bonds. The molecule has 1 aromatic carbocycles. The highest BCUT2D eigenvalue weighted by atomic mass is 32.2. The second-order valence-corrected chi connectivity index (χ2v) is 9.17. The van der Waals surface area contributed by atoms with Gasteiger partial charge in [-0.25, -0.2) is 13.1 Å². The van der Waals surface area contributed by atoms with Crippen LogP contribution in [0.25, 0.3) is 0 Å². The first-order valence-corrected chi connectivity index (χ1v) is 11.2. The molecule has 0 aliphatic carbocycles. The summed E-state index contributed by atoms with van der Waals surface area (Å²) in [6, 6.07) is 8.31. The molecule has 8 heteroatoms. The molecule has 2 aromatic rings. The normalized spacial score (nSPS) is 19.5. The summed E-state index contributed by atoms with van der Waals surface area (Å²) in [6.07, 6.45) is 3.84. The van der Waals surface area contributed by atoms with Gasteiger partial charge in [-0.1, -0.05) is 6.92 Å². The number of hydrogen-bond donors (Lipinski definition) is 1. The second-order valence-electron chi connectivity index (χ2n) is 7.41. The molecule has 1 N–H and O–H groups in total. The summed E-state index contributed by atoms with van der Waals surface area (Å²) >= 11 is 0. The second kappa shape index (κ2) is 8.14. The van der Waals surface area contributed by atoms with Gasteiger partial charge in [-0.15, -0.1) is 0 Å². The van der Waals surface area contributed by atoms with Gasteiger partial charge in [0.25, 0.3) is 0 Å². The molecule has 0 radical (unpaired) electrons. The predicted octanol–water partition coefficient (Wildman–Crippen LogP) is 2.80. The van der Waals surface area contributed by atoms with Crippen molar-refractivity contribution in [3.63, 3.8) is 0 Å². The Morgan fingerprint density at radius 3 is 2.61 bits per heavy atom. The molecule has 7 nitrogen and oxygen atoms in total. The van der Waals surface area contributed by atoms with Gasteiger partial charge in [0.15, 0.2) is 11.5 Å². The van der Waals surface area contributed by atoms with E-state index >= 15 is 0 Å². The van der Waals surface area contributed by atoms with Crippen LogP contribution < -0.4 is 14.2 Å². The molecular formula is C20H26N2O5S. The van der Waals surface area contributed by atoms with E-state index in [4.69, 9.17) is 13.9 Å². The zero-order valence-corrected chi connectivity index (χ0v) is 16.8. The van der Waals surface area contributed by atoms with Crippen LogP contribution in [0.5, 0.6) is 11.5 Å². The predicted molar refractivity (Wildman–Crippen MR) is 104 cm³/mol. The van der Waals surface area contributed by atoms with Crippen LogP contribution in [-0.4, -0.2) is 46.2 Å². The Bertz CT molecular complexity index is 889. The largest absolute Gasteiger partial charge is 0.486 e. The van der Waals surface area contributed by atoms with Crippen LogP contribution in [0, 0.1) is 5.92 Å². The maximum absolute atomic E-state index is 12.9. The maximum Gasteiger partial charge on any atom is 0.240 e. The van der Waals surface area contributed by atoms with Crippen molar-refractivity contribution < 1.29 is 22.3 Å². The summed E-state index contributed by atoms with van der Waals surface area (Å²) in [7, 11) is -3.68. The van der Waals surface area contributed by atoms with Crippen molar-refractivity contribution in [1.29, 1.82) is 0 Å².